The van der Waals surface area contributed by atoms with Gasteiger partial charge in [-0.3, -0.25) is 10.0 Å². The fourth-order valence-corrected chi connectivity index (χ4v) is 1.86. The monoisotopic (exact) mass is 326 g/mol. The van der Waals surface area contributed by atoms with Gasteiger partial charge in [0.15, 0.2) is 0 Å². The Bertz CT molecular complexity index is 619. The van der Waals surface area contributed by atoms with Gasteiger partial charge in [0.05, 0.1) is 0 Å². The number of nitrogens with one attached hydrogen (secondary N) is 1. The van der Waals surface area contributed by atoms with Gasteiger partial charge in [0, 0.05) is 17.8 Å². The lowest BCUT2D eigenvalue weighted by atomic mass is 10.1. The van der Waals surface area contributed by atoms with Crippen LogP contribution < -0.4 is 5.48 Å². The van der Waals surface area contributed by atoms with E-state index in [2.05, 4.69) is 13.2 Å². The Balaban J connectivity index is 3.06. The third kappa shape index (κ3) is 5.00. The predicted molar refractivity (Wildman–Crippen MR) is 80.4 cm³/mol. The number of hydrogen-bond acceptors (Lipinski definition) is 3. The van der Waals surface area contributed by atoms with E-state index in [4.69, 9.17) is 5.21 Å². The van der Waals surface area contributed by atoms with Crippen molar-refractivity contribution < 1.29 is 23.2 Å². The Labute approximate surface area is 132 Å². The molecule has 1 rings (SSSR count). The van der Waals surface area contributed by atoms with Crippen LogP contribution in [0.2, 0.25) is 0 Å². The van der Waals surface area contributed by atoms with Crippen molar-refractivity contribution in [3.8, 4) is 0 Å². The summed E-state index contributed by atoms with van der Waals surface area (Å²) in [5.41, 5.74) is 1.55. The summed E-state index contributed by atoms with van der Waals surface area (Å²) in [6.07, 6.45) is -1.72. The van der Waals surface area contributed by atoms with Crippen LogP contribution in [0.1, 0.15) is 22.8 Å². The molecule has 0 unspecified atom stereocenters. The Morgan fingerprint density at radius 3 is 2.35 bits per heavy atom. The molecule has 2 N–H and O–H groups in total. The minimum Gasteiger partial charge on any atom is -0.337 e. The lowest BCUT2D eigenvalue weighted by molar-refractivity contribution is -0.108. The summed E-state index contributed by atoms with van der Waals surface area (Å²) >= 11 is 0. The average Bonchev–Trinajstić information content (AvgIpc) is 2.51. The van der Waals surface area contributed by atoms with E-state index in [0.717, 1.165) is 4.90 Å². The summed E-state index contributed by atoms with van der Waals surface area (Å²) in [5, 5.41) is 8.54. The first-order valence-corrected chi connectivity index (χ1v) is 6.57. The number of benzene rings is 1. The third-order valence-electron chi connectivity index (χ3n) is 3.10. The molecule has 124 valence electrons. The zero-order chi connectivity index (χ0) is 17.6. The first-order valence-electron chi connectivity index (χ1n) is 6.57. The first-order chi connectivity index (χ1) is 10.7. The van der Waals surface area contributed by atoms with Crippen molar-refractivity contribution in [1.82, 2.24) is 10.4 Å². The second-order valence-corrected chi connectivity index (χ2v) is 4.71. The van der Waals surface area contributed by atoms with E-state index >= 15 is 0 Å². The van der Waals surface area contributed by atoms with Crippen molar-refractivity contribution in [3.05, 3.63) is 72.1 Å². The van der Waals surface area contributed by atoms with Crippen LogP contribution in [0.3, 0.4) is 0 Å². The molecule has 1 aromatic carbocycles. The van der Waals surface area contributed by atoms with Gasteiger partial charge in [-0.25, -0.2) is 5.48 Å². The van der Waals surface area contributed by atoms with Crippen LogP contribution >= 0.6 is 0 Å². The molecule has 0 aliphatic rings. The predicted octanol–water partition coefficient (Wildman–Crippen LogP) is 3.77. The van der Waals surface area contributed by atoms with Gasteiger partial charge >= 0.3 is 6.18 Å². The van der Waals surface area contributed by atoms with Crippen molar-refractivity contribution in [3.63, 3.8) is 0 Å². The van der Waals surface area contributed by atoms with Crippen LogP contribution in [0.4, 0.5) is 13.2 Å². The number of hydrogen-bond donors (Lipinski definition) is 2. The number of hydroxylamine groups is 1. The molecule has 0 atom stereocenters. The van der Waals surface area contributed by atoms with Crippen molar-refractivity contribution in [2.45, 2.75) is 19.6 Å². The van der Waals surface area contributed by atoms with E-state index in [1.54, 1.807) is 0 Å². The summed E-state index contributed by atoms with van der Waals surface area (Å²) in [4.78, 5) is 12.2. The lowest BCUT2D eigenvalue weighted by Gasteiger charge is -2.28. The van der Waals surface area contributed by atoms with Crippen LogP contribution in [0, 0.1) is 0 Å². The van der Waals surface area contributed by atoms with Crippen molar-refractivity contribution >= 4 is 5.91 Å². The molecule has 0 bridgehead atoms. The number of carbonyl (C=O) groups is 1. The molecule has 23 heavy (non-hydrogen) atoms. The van der Waals surface area contributed by atoms with Gasteiger partial charge in [0.2, 0.25) is 0 Å². The largest absolute Gasteiger partial charge is 0.430 e. The summed E-state index contributed by atoms with van der Waals surface area (Å²) in [6.45, 7) is 8.03. The molecule has 0 saturated heterocycles. The van der Waals surface area contributed by atoms with Crippen molar-refractivity contribution in [2.75, 3.05) is 0 Å². The summed E-state index contributed by atoms with van der Waals surface area (Å²) < 4.78 is 38.8. The molecule has 1 amide bonds. The Hall–Kier alpha value is -2.54. The number of alkyl halides is 3. The quantitative estimate of drug-likeness (QED) is 0.475. The molecule has 0 radical (unpaired) electrons. The average molecular weight is 326 g/mol. The molecule has 0 saturated carbocycles. The van der Waals surface area contributed by atoms with E-state index in [9.17, 15) is 18.0 Å². The van der Waals surface area contributed by atoms with Crippen molar-refractivity contribution in [2.24, 2.45) is 0 Å². The zero-order valence-corrected chi connectivity index (χ0v) is 12.5. The fraction of sp³-hybridized carbons (Fsp3) is 0.188. The van der Waals surface area contributed by atoms with Gasteiger partial charge in [-0.05, 0) is 30.7 Å². The van der Waals surface area contributed by atoms with Crippen LogP contribution in [0.25, 0.3) is 0 Å². The first kappa shape index (κ1) is 18.5. The third-order valence-corrected chi connectivity index (χ3v) is 3.10. The molecule has 7 heteroatoms. The van der Waals surface area contributed by atoms with E-state index in [-0.39, 0.29) is 12.1 Å². The number of halogens is 3. The van der Waals surface area contributed by atoms with Gasteiger partial charge in [0.25, 0.3) is 5.91 Å². The molecule has 0 heterocycles. The number of rotatable bonds is 6. The lowest BCUT2D eigenvalue weighted by Crippen LogP contribution is -2.29. The van der Waals surface area contributed by atoms with E-state index < -0.39 is 17.8 Å². The van der Waals surface area contributed by atoms with E-state index in [1.165, 1.54) is 48.8 Å². The normalized spacial score (nSPS) is 11.8. The zero-order valence-electron chi connectivity index (χ0n) is 12.5. The molecular formula is C16H17F3N2O2. The maximum Gasteiger partial charge on any atom is 0.430 e. The maximum absolute atomic E-state index is 12.9. The van der Waals surface area contributed by atoms with E-state index in [0.29, 0.717) is 11.3 Å². The fourth-order valence-electron chi connectivity index (χ4n) is 1.86. The number of allylic oxidation sites excluding steroid dienone is 4. The molecule has 0 aromatic heterocycles. The number of amides is 1. The van der Waals surface area contributed by atoms with Gasteiger partial charge in [-0.15, -0.1) is 0 Å². The summed E-state index contributed by atoms with van der Waals surface area (Å²) in [7, 11) is 0. The second kappa shape index (κ2) is 7.64. The molecule has 0 fully saturated rings. The van der Waals surface area contributed by atoms with Crippen LogP contribution in [0.15, 0.2) is 61.0 Å². The highest BCUT2D eigenvalue weighted by atomic mass is 19.4. The van der Waals surface area contributed by atoms with Gasteiger partial charge < -0.3 is 4.90 Å². The second-order valence-electron chi connectivity index (χ2n) is 4.71. The molecule has 4 nitrogen and oxygen atoms in total. The maximum atomic E-state index is 12.9. The standard InChI is InChI=1S/C16H17F3N2O2/c1-4-5-11(2)21(12(3)16(17,18)19)10-13-6-8-14(9-7-13)15(22)20-23/h4-9,23H,1,3,10H2,2H3,(H,20,22). The molecule has 1 aromatic rings. The van der Waals surface area contributed by atoms with Gasteiger partial charge in [-0.1, -0.05) is 31.4 Å². The summed E-state index contributed by atoms with van der Waals surface area (Å²) in [6, 6.07) is 5.81. The highest BCUT2D eigenvalue weighted by Crippen LogP contribution is 2.30. The molecular weight excluding hydrogens is 309 g/mol. The minimum atomic E-state index is -4.56. The van der Waals surface area contributed by atoms with Crippen molar-refractivity contribution in [1.29, 1.82) is 0 Å². The Morgan fingerprint density at radius 2 is 1.91 bits per heavy atom. The Kier molecular flexibility index (Phi) is 6.15. The van der Waals surface area contributed by atoms with E-state index in [1.807, 2.05) is 0 Å². The topological polar surface area (TPSA) is 52.6 Å². The molecule has 0 aliphatic heterocycles. The van der Waals surface area contributed by atoms with Crippen LogP contribution in [0.5, 0.6) is 0 Å². The summed E-state index contributed by atoms with van der Waals surface area (Å²) in [5.74, 6) is -0.698. The highest BCUT2D eigenvalue weighted by molar-refractivity contribution is 5.93. The van der Waals surface area contributed by atoms with Gasteiger partial charge in [-0.2, -0.15) is 13.2 Å². The van der Waals surface area contributed by atoms with Crippen LogP contribution in [-0.4, -0.2) is 22.2 Å². The number of nitrogens with zero attached hydrogens (tertiary/aromatic N) is 1. The number of carbonyl (C=O) groups excluding carboxylic acids is 1. The molecule has 0 spiro atoms. The highest BCUT2D eigenvalue weighted by Gasteiger charge is 2.36. The Morgan fingerprint density at radius 1 is 1.35 bits per heavy atom. The smallest absolute Gasteiger partial charge is 0.337 e. The molecule has 0 aliphatic carbocycles. The SMILES string of the molecule is C=CC=C(C)N(Cc1ccc(C(=O)NO)cc1)C(=C)C(F)(F)F. The van der Waals surface area contributed by atoms with Crippen LogP contribution in [-0.2, 0) is 6.54 Å². The minimum absolute atomic E-state index is 0.0739. The van der Waals surface area contributed by atoms with Gasteiger partial charge in [0.1, 0.15) is 5.70 Å².